The highest BCUT2D eigenvalue weighted by molar-refractivity contribution is 6.30. The number of benzene rings is 2. The number of hydrogen-bond acceptors (Lipinski definition) is 2. The Labute approximate surface area is 125 Å². The Bertz CT molecular complexity index is 705. The van der Waals surface area contributed by atoms with Gasteiger partial charge in [-0.25, -0.2) is 8.78 Å². The topological polar surface area (TPSA) is 29.5 Å². The van der Waals surface area contributed by atoms with Crippen LogP contribution in [-0.4, -0.2) is 11.7 Å². The highest BCUT2D eigenvalue weighted by Gasteiger charge is 2.06. The number of ether oxygens (including phenoxy) is 1. The summed E-state index contributed by atoms with van der Waals surface area (Å²) in [6.45, 7) is -0.404. The molecule has 1 N–H and O–H groups in total. The van der Waals surface area contributed by atoms with Gasteiger partial charge in [-0.15, -0.1) is 0 Å². The van der Waals surface area contributed by atoms with E-state index in [-0.39, 0.29) is 30.1 Å². The summed E-state index contributed by atoms with van der Waals surface area (Å²) in [4.78, 5) is 0. The summed E-state index contributed by atoms with van der Waals surface area (Å²) in [7, 11) is 0. The quantitative estimate of drug-likeness (QED) is 0.879. The van der Waals surface area contributed by atoms with E-state index in [1.165, 1.54) is 30.3 Å². The molecule has 0 saturated heterocycles. The van der Waals surface area contributed by atoms with Crippen LogP contribution in [0.15, 0.2) is 36.4 Å². The van der Waals surface area contributed by atoms with Crippen molar-refractivity contribution in [1.29, 1.82) is 0 Å². The summed E-state index contributed by atoms with van der Waals surface area (Å²) in [5, 5.41) is 8.96. The van der Waals surface area contributed by atoms with Gasteiger partial charge < -0.3 is 9.84 Å². The largest absolute Gasteiger partial charge is 0.489 e. The van der Waals surface area contributed by atoms with Gasteiger partial charge in [-0.2, -0.15) is 0 Å². The number of hydrogen-bond donors (Lipinski definition) is 1. The van der Waals surface area contributed by atoms with Crippen molar-refractivity contribution in [3.05, 3.63) is 64.2 Å². The Kier molecular flexibility index (Phi) is 5.15. The van der Waals surface area contributed by atoms with Gasteiger partial charge in [-0.05, 0) is 30.3 Å². The van der Waals surface area contributed by atoms with Gasteiger partial charge in [-0.3, -0.25) is 0 Å². The van der Waals surface area contributed by atoms with Crippen molar-refractivity contribution in [2.24, 2.45) is 0 Å². The summed E-state index contributed by atoms with van der Waals surface area (Å²) in [5.74, 6) is 4.07. The van der Waals surface area contributed by atoms with Gasteiger partial charge >= 0.3 is 0 Å². The Morgan fingerprint density at radius 1 is 1.10 bits per heavy atom. The minimum Gasteiger partial charge on any atom is -0.489 e. The fraction of sp³-hybridized carbons (Fsp3) is 0.125. The first kappa shape index (κ1) is 15.3. The van der Waals surface area contributed by atoms with Gasteiger partial charge in [0, 0.05) is 16.7 Å². The molecule has 0 fully saturated rings. The van der Waals surface area contributed by atoms with Crippen molar-refractivity contribution in [3.8, 4) is 17.6 Å². The fourth-order valence-corrected chi connectivity index (χ4v) is 1.83. The molecule has 108 valence electrons. The van der Waals surface area contributed by atoms with Crippen LogP contribution in [-0.2, 0) is 6.61 Å². The van der Waals surface area contributed by atoms with Crippen LogP contribution in [0.3, 0.4) is 0 Å². The van der Waals surface area contributed by atoms with Crippen LogP contribution in [0.25, 0.3) is 0 Å². The van der Waals surface area contributed by atoms with E-state index in [1.807, 2.05) is 0 Å². The van der Waals surface area contributed by atoms with E-state index in [4.69, 9.17) is 21.4 Å². The molecule has 0 amide bonds. The number of aliphatic hydroxyl groups is 1. The molecule has 0 aliphatic carbocycles. The summed E-state index contributed by atoms with van der Waals surface area (Å²) in [6, 6.07) is 8.25. The maximum absolute atomic E-state index is 13.7. The van der Waals surface area contributed by atoms with Gasteiger partial charge in [0.15, 0.2) is 0 Å². The van der Waals surface area contributed by atoms with Crippen LogP contribution in [0.1, 0.15) is 11.1 Å². The van der Waals surface area contributed by atoms with E-state index in [0.717, 1.165) is 6.07 Å². The van der Waals surface area contributed by atoms with Crippen LogP contribution in [0.5, 0.6) is 5.75 Å². The van der Waals surface area contributed by atoms with Crippen LogP contribution >= 0.6 is 11.6 Å². The lowest BCUT2D eigenvalue weighted by atomic mass is 10.2. The molecule has 0 unspecified atom stereocenters. The third kappa shape index (κ3) is 4.19. The highest BCUT2D eigenvalue weighted by atomic mass is 35.5. The second-order valence-electron chi connectivity index (χ2n) is 4.13. The van der Waals surface area contributed by atoms with Crippen LogP contribution in [0, 0.1) is 23.5 Å². The Hall–Kier alpha value is -2.09. The predicted molar refractivity (Wildman–Crippen MR) is 76.1 cm³/mol. The van der Waals surface area contributed by atoms with E-state index in [0.29, 0.717) is 5.02 Å². The smallest absolute Gasteiger partial charge is 0.142 e. The third-order valence-corrected chi connectivity index (χ3v) is 2.88. The average molecular weight is 309 g/mol. The van der Waals surface area contributed by atoms with E-state index >= 15 is 0 Å². The number of aliphatic hydroxyl groups excluding tert-OH is 1. The number of halogens is 3. The zero-order valence-electron chi connectivity index (χ0n) is 10.9. The maximum atomic E-state index is 13.7. The van der Waals surface area contributed by atoms with Crippen LogP contribution in [0.2, 0.25) is 5.02 Å². The normalized spacial score (nSPS) is 9.90. The second-order valence-corrected chi connectivity index (χ2v) is 4.56. The maximum Gasteiger partial charge on any atom is 0.142 e. The van der Waals surface area contributed by atoms with Crippen molar-refractivity contribution in [2.75, 3.05) is 6.61 Å². The Balaban J connectivity index is 2.10. The molecule has 0 bridgehead atoms. The van der Waals surface area contributed by atoms with Gasteiger partial charge in [0.2, 0.25) is 0 Å². The molecule has 2 rings (SSSR count). The monoisotopic (exact) mass is 308 g/mol. The first-order valence-corrected chi connectivity index (χ1v) is 6.44. The van der Waals surface area contributed by atoms with Gasteiger partial charge in [0.25, 0.3) is 0 Å². The SMILES string of the molecule is OCC#Cc1ccc(OCc2cc(Cl)ccc2F)cc1F. The van der Waals surface area contributed by atoms with Crippen molar-refractivity contribution in [3.63, 3.8) is 0 Å². The van der Waals surface area contributed by atoms with Crippen molar-refractivity contribution >= 4 is 11.6 Å². The average Bonchev–Trinajstić information content (AvgIpc) is 2.47. The zero-order valence-corrected chi connectivity index (χ0v) is 11.6. The minimum absolute atomic E-state index is 0.0620. The molecule has 0 radical (unpaired) electrons. The van der Waals surface area contributed by atoms with E-state index in [2.05, 4.69) is 11.8 Å². The lowest BCUT2D eigenvalue weighted by Gasteiger charge is -2.08. The molecule has 0 spiro atoms. The molecular weight excluding hydrogens is 298 g/mol. The Morgan fingerprint density at radius 3 is 2.62 bits per heavy atom. The van der Waals surface area contributed by atoms with Crippen LogP contribution < -0.4 is 4.74 Å². The van der Waals surface area contributed by atoms with E-state index in [1.54, 1.807) is 0 Å². The molecule has 0 heterocycles. The molecule has 0 saturated carbocycles. The standard InChI is InChI=1S/C16H11ClF2O2/c17-13-4-6-15(18)12(8-13)10-21-14-5-3-11(2-1-7-20)16(19)9-14/h3-6,8-9,20H,7,10H2. The molecule has 0 atom stereocenters. The van der Waals surface area contributed by atoms with Gasteiger partial charge in [0.1, 0.15) is 30.6 Å². The van der Waals surface area contributed by atoms with Gasteiger partial charge in [-0.1, -0.05) is 23.4 Å². The highest BCUT2D eigenvalue weighted by Crippen LogP contribution is 2.20. The van der Waals surface area contributed by atoms with E-state index in [9.17, 15) is 8.78 Å². The molecular formula is C16H11ClF2O2. The zero-order chi connectivity index (χ0) is 15.2. The molecule has 0 aromatic heterocycles. The lowest BCUT2D eigenvalue weighted by Crippen LogP contribution is -1.99. The summed E-state index contributed by atoms with van der Waals surface area (Å²) in [5.41, 5.74) is 0.442. The van der Waals surface area contributed by atoms with Crippen molar-refractivity contribution < 1.29 is 18.6 Å². The minimum atomic E-state index is -0.569. The summed E-state index contributed by atoms with van der Waals surface area (Å²) >= 11 is 5.78. The number of rotatable bonds is 3. The molecule has 2 aromatic carbocycles. The van der Waals surface area contributed by atoms with E-state index < -0.39 is 11.6 Å². The molecule has 2 nitrogen and oxygen atoms in total. The molecule has 0 aliphatic heterocycles. The molecule has 5 heteroatoms. The first-order chi connectivity index (χ1) is 10.1. The predicted octanol–water partition coefficient (Wildman–Crippen LogP) is 3.54. The molecule has 2 aromatic rings. The van der Waals surface area contributed by atoms with Crippen molar-refractivity contribution in [2.45, 2.75) is 6.61 Å². The second kappa shape index (κ2) is 7.07. The summed E-state index contributed by atoms with van der Waals surface area (Å²) < 4.78 is 32.5. The fourth-order valence-electron chi connectivity index (χ4n) is 1.64. The lowest BCUT2D eigenvalue weighted by molar-refractivity contribution is 0.298. The molecule has 0 aliphatic rings. The van der Waals surface area contributed by atoms with Gasteiger partial charge in [0.05, 0.1) is 5.56 Å². The first-order valence-electron chi connectivity index (χ1n) is 6.06. The van der Waals surface area contributed by atoms with Crippen LogP contribution in [0.4, 0.5) is 8.78 Å². The van der Waals surface area contributed by atoms with Crippen molar-refractivity contribution in [1.82, 2.24) is 0 Å². The third-order valence-electron chi connectivity index (χ3n) is 2.64. The summed E-state index contributed by atoms with van der Waals surface area (Å²) in [6.07, 6.45) is 0. The molecule has 21 heavy (non-hydrogen) atoms. The Morgan fingerprint density at radius 2 is 1.90 bits per heavy atom.